The van der Waals surface area contributed by atoms with Gasteiger partial charge in [-0.3, -0.25) is 4.79 Å². The molecule has 4 aromatic rings. The lowest BCUT2D eigenvalue weighted by Gasteiger charge is -2.34. The molecular weight excluding hydrogens is 634 g/mol. The van der Waals surface area contributed by atoms with Crippen molar-refractivity contribution in [1.29, 1.82) is 0 Å². The first-order chi connectivity index (χ1) is 20.9. The Kier molecular flexibility index (Phi) is 10.4. The summed E-state index contributed by atoms with van der Waals surface area (Å²) >= 11 is 3.52. The maximum absolute atomic E-state index is 13.8. The maximum atomic E-state index is 13.8. The van der Waals surface area contributed by atoms with Crippen molar-refractivity contribution in [1.82, 2.24) is 29.1 Å². The molecule has 0 atom stereocenters. The second kappa shape index (κ2) is 14.4. The highest BCUT2D eigenvalue weighted by Crippen LogP contribution is 2.26. The lowest BCUT2D eigenvalue weighted by Crippen LogP contribution is -2.48. The van der Waals surface area contributed by atoms with E-state index >= 15 is 0 Å². The number of nitrogens with zero attached hydrogens (tertiary/aromatic N) is 5. The number of likely N-dealkylation sites (tertiary alicyclic amines) is 1. The van der Waals surface area contributed by atoms with Gasteiger partial charge in [0, 0.05) is 47.1 Å². The number of piperidine rings is 1. The molecule has 0 unspecified atom stereocenters. The third kappa shape index (κ3) is 7.60. The van der Waals surface area contributed by atoms with Crippen LogP contribution in [0.1, 0.15) is 25.7 Å². The lowest BCUT2D eigenvalue weighted by atomic mass is 10.1. The molecule has 4 heterocycles. The van der Waals surface area contributed by atoms with Gasteiger partial charge in [0.1, 0.15) is 5.82 Å². The van der Waals surface area contributed by atoms with Gasteiger partial charge in [0.2, 0.25) is 16.0 Å². The van der Waals surface area contributed by atoms with Gasteiger partial charge in [0.15, 0.2) is 0 Å². The molecule has 2 aromatic heterocycles. The summed E-state index contributed by atoms with van der Waals surface area (Å²) in [5, 5.41) is 14.6. The normalized spacial score (nSPS) is 16.2. The molecule has 0 saturated carbocycles. The number of carbonyl (C=O) groups is 1. The molecule has 43 heavy (non-hydrogen) atoms. The van der Waals surface area contributed by atoms with Crippen molar-refractivity contribution >= 4 is 55.0 Å². The topological polar surface area (TPSA) is 133 Å². The van der Waals surface area contributed by atoms with Gasteiger partial charge in [-0.15, -0.1) is 0 Å². The molecule has 2 fully saturated rings. The van der Waals surface area contributed by atoms with Crippen LogP contribution in [0.5, 0.6) is 0 Å². The van der Waals surface area contributed by atoms with Gasteiger partial charge < -0.3 is 25.2 Å². The molecule has 228 valence electrons. The number of aromatic nitrogens is 3. The molecule has 13 heteroatoms. The van der Waals surface area contributed by atoms with E-state index in [9.17, 15) is 8.42 Å². The Morgan fingerprint density at radius 2 is 1.79 bits per heavy atom. The van der Waals surface area contributed by atoms with Crippen LogP contribution in [-0.2, 0) is 14.8 Å². The zero-order valence-corrected chi connectivity index (χ0v) is 26.2. The van der Waals surface area contributed by atoms with Crippen LogP contribution in [0.2, 0.25) is 0 Å². The minimum Gasteiger partial charge on any atom is -0.483 e. The Balaban J connectivity index is 0.00000118. The van der Waals surface area contributed by atoms with Crippen LogP contribution in [0.3, 0.4) is 0 Å². The molecule has 0 spiro atoms. The summed E-state index contributed by atoms with van der Waals surface area (Å²) in [6.45, 7) is 4.87. The number of carboxylic acid groups (broad SMARTS) is 1. The van der Waals surface area contributed by atoms with E-state index in [1.165, 1.54) is 12.8 Å². The van der Waals surface area contributed by atoms with Gasteiger partial charge in [-0.25, -0.2) is 13.4 Å². The number of rotatable bonds is 9. The molecule has 2 aromatic carbocycles. The average molecular weight is 671 g/mol. The Bertz CT molecular complexity index is 1620. The highest BCUT2D eigenvalue weighted by atomic mass is 79.9. The summed E-state index contributed by atoms with van der Waals surface area (Å²) in [5.74, 6) is 1.18. The van der Waals surface area contributed by atoms with Crippen LogP contribution in [0, 0.1) is 0 Å². The van der Waals surface area contributed by atoms with Crippen LogP contribution in [-0.4, -0.2) is 89.0 Å². The second-order valence-electron chi connectivity index (χ2n) is 10.5. The monoisotopic (exact) mass is 669 g/mol. The van der Waals surface area contributed by atoms with E-state index in [2.05, 4.69) is 42.5 Å². The molecule has 2 saturated heterocycles. The fraction of sp³-hybridized carbons (Fsp3) is 0.367. The van der Waals surface area contributed by atoms with E-state index in [1.807, 2.05) is 35.0 Å². The first-order valence-corrected chi connectivity index (χ1v) is 16.6. The standard InChI is InChI=1S/C29H34BrN7O2S.CH2O2/c30-23-3-8-27-22(21-23)12-18-36(27)28-11-15-32-29(34-28)33-24-4-6-26(7-5-24)40(38,39)37(25-9-13-31-14-10-25)20-19-35-16-1-2-17-35;2-1-3/h3-8,11-12,15,18,21,25,31H,1-2,9-10,13-14,16-17,19-20H2,(H,32,33,34);1H,(H,2,3). The van der Waals surface area contributed by atoms with E-state index < -0.39 is 10.0 Å². The fourth-order valence-corrected chi connectivity index (χ4v) is 7.73. The zero-order valence-electron chi connectivity index (χ0n) is 23.8. The number of nitrogens with one attached hydrogen (secondary N) is 2. The summed E-state index contributed by atoms with van der Waals surface area (Å²) in [6.07, 6.45) is 7.76. The third-order valence-corrected chi connectivity index (χ3v) is 10.3. The van der Waals surface area contributed by atoms with Crippen molar-refractivity contribution in [2.45, 2.75) is 36.6 Å². The van der Waals surface area contributed by atoms with E-state index in [0.717, 1.165) is 72.4 Å². The van der Waals surface area contributed by atoms with E-state index in [1.54, 1.807) is 34.8 Å². The molecule has 0 amide bonds. The third-order valence-electron chi connectivity index (χ3n) is 7.81. The summed E-state index contributed by atoms with van der Waals surface area (Å²) in [5.41, 5.74) is 1.77. The van der Waals surface area contributed by atoms with Gasteiger partial charge in [-0.2, -0.15) is 9.29 Å². The number of anilines is 2. The van der Waals surface area contributed by atoms with Crippen LogP contribution in [0.15, 0.2) is 76.4 Å². The van der Waals surface area contributed by atoms with Crippen LogP contribution in [0.4, 0.5) is 11.6 Å². The number of benzene rings is 2. The van der Waals surface area contributed by atoms with Gasteiger partial charge in [0.05, 0.1) is 10.4 Å². The lowest BCUT2D eigenvalue weighted by molar-refractivity contribution is -0.122. The Labute approximate surface area is 260 Å². The summed E-state index contributed by atoms with van der Waals surface area (Å²) in [6, 6.07) is 17.0. The zero-order chi connectivity index (χ0) is 30.2. The highest BCUT2D eigenvalue weighted by molar-refractivity contribution is 9.10. The van der Waals surface area contributed by atoms with E-state index in [-0.39, 0.29) is 12.5 Å². The van der Waals surface area contributed by atoms with Crippen molar-refractivity contribution in [3.05, 3.63) is 71.5 Å². The van der Waals surface area contributed by atoms with Crippen molar-refractivity contribution in [3.8, 4) is 5.82 Å². The quantitative estimate of drug-likeness (QED) is 0.221. The summed E-state index contributed by atoms with van der Waals surface area (Å²) in [7, 11) is -3.63. The van der Waals surface area contributed by atoms with Crippen molar-refractivity contribution in [2.75, 3.05) is 44.6 Å². The first-order valence-electron chi connectivity index (χ1n) is 14.4. The van der Waals surface area contributed by atoms with Gasteiger partial charge in [-0.05, 0) is 106 Å². The predicted molar refractivity (Wildman–Crippen MR) is 170 cm³/mol. The van der Waals surface area contributed by atoms with Crippen LogP contribution >= 0.6 is 15.9 Å². The molecule has 0 bridgehead atoms. The van der Waals surface area contributed by atoms with Gasteiger partial charge in [0.25, 0.3) is 6.47 Å². The molecule has 11 nitrogen and oxygen atoms in total. The molecular formula is C30H36BrN7O4S. The average Bonchev–Trinajstić information content (AvgIpc) is 3.69. The maximum Gasteiger partial charge on any atom is 0.290 e. The number of fused-ring (bicyclic) bond motifs is 1. The smallest absolute Gasteiger partial charge is 0.290 e. The first kappa shape index (κ1) is 31.1. The minimum atomic E-state index is -3.63. The van der Waals surface area contributed by atoms with Crippen LogP contribution < -0.4 is 10.6 Å². The SMILES string of the molecule is O=CO.O=S(=O)(c1ccc(Nc2nccc(-n3ccc4cc(Br)ccc43)n2)cc1)N(CCN1CCCC1)C1CCNCC1. The second-order valence-corrected chi connectivity index (χ2v) is 13.3. The van der Waals surface area contributed by atoms with Gasteiger partial charge in [-0.1, -0.05) is 15.9 Å². The number of halogens is 1. The molecule has 2 aliphatic rings. The van der Waals surface area contributed by atoms with Gasteiger partial charge >= 0.3 is 0 Å². The van der Waals surface area contributed by atoms with Crippen molar-refractivity contribution in [3.63, 3.8) is 0 Å². The van der Waals surface area contributed by atoms with E-state index in [4.69, 9.17) is 14.9 Å². The Hall–Kier alpha value is -3.36. The molecule has 0 radical (unpaired) electrons. The number of hydrogen-bond donors (Lipinski definition) is 3. The predicted octanol–water partition coefficient (Wildman–Crippen LogP) is 4.47. The number of sulfonamides is 1. The molecule has 0 aliphatic carbocycles. The van der Waals surface area contributed by atoms with E-state index in [0.29, 0.717) is 17.4 Å². The Morgan fingerprint density at radius 3 is 2.51 bits per heavy atom. The van der Waals surface area contributed by atoms with Crippen molar-refractivity contribution < 1.29 is 18.3 Å². The summed E-state index contributed by atoms with van der Waals surface area (Å²) < 4.78 is 32.5. The minimum absolute atomic E-state index is 0.0219. The van der Waals surface area contributed by atoms with Crippen LogP contribution in [0.25, 0.3) is 16.7 Å². The fourth-order valence-electron chi connectivity index (χ4n) is 5.67. The molecule has 2 aliphatic heterocycles. The summed E-state index contributed by atoms with van der Waals surface area (Å²) in [4.78, 5) is 20.1. The highest BCUT2D eigenvalue weighted by Gasteiger charge is 2.32. The number of hydrogen-bond acceptors (Lipinski definition) is 8. The van der Waals surface area contributed by atoms with Crippen molar-refractivity contribution in [2.24, 2.45) is 0 Å². The largest absolute Gasteiger partial charge is 0.483 e. The Morgan fingerprint density at radius 1 is 1.07 bits per heavy atom. The molecule has 6 rings (SSSR count). The molecule has 3 N–H and O–H groups in total.